The summed E-state index contributed by atoms with van der Waals surface area (Å²) in [6, 6.07) is 0. The Bertz CT molecular complexity index is 164. The quantitative estimate of drug-likeness (QED) is 0.421. The van der Waals surface area contributed by atoms with E-state index in [1.54, 1.807) is 12.1 Å². The van der Waals surface area contributed by atoms with Gasteiger partial charge in [-0.2, -0.15) is 0 Å². The van der Waals surface area contributed by atoms with Crippen LogP contribution in [0.15, 0.2) is 0 Å². The number of rotatable bonds is 1. The van der Waals surface area contributed by atoms with Crippen LogP contribution in [-0.2, 0) is 4.74 Å². The summed E-state index contributed by atoms with van der Waals surface area (Å²) in [5, 5.41) is 1.72. The van der Waals surface area contributed by atoms with Gasteiger partial charge < -0.3 is 4.74 Å². The first-order valence-corrected chi connectivity index (χ1v) is 3.74. The lowest BCUT2D eigenvalue weighted by Crippen LogP contribution is -2.47. The maximum Gasteiger partial charge on any atom is 0.0724 e. The molecule has 62 valence electrons. The first-order valence-electron chi connectivity index (χ1n) is 3.74. The molecule has 11 heavy (non-hydrogen) atoms. The van der Waals surface area contributed by atoms with Gasteiger partial charge in [-0.25, -0.2) is 5.01 Å². The van der Waals surface area contributed by atoms with E-state index in [0.717, 1.165) is 19.5 Å². The van der Waals surface area contributed by atoms with Crippen molar-refractivity contribution in [2.24, 2.45) is 11.8 Å². The topological polar surface area (TPSA) is 38.5 Å². The summed E-state index contributed by atoms with van der Waals surface area (Å²) in [4.78, 5) is 0. The third-order valence-electron chi connectivity index (χ3n) is 2.01. The second-order valence-electron chi connectivity index (χ2n) is 2.91. The highest BCUT2D eigenvalue weighted by Crippen LogP contribution is 2.15. The molecular formula is C8H14N2O. The summed E-state index contributed by atoms with van der Waals surface area (Å²) in [6.07, 6.45) is 6.43. The molecule has 0 amide bonds. The lowest BCUT2D eigenvalue weighted by molar-refractivity contribution is 0.0182. The van der Waals surface area contributed by atoms with Gasteiger partial charge in [-0.1, -0.05) is 0 Å². The van der Waals surface area contributed by atoms with Crippen LogP contribution >= 0.6 is 0 Å². The number of nitrogens with two attached hydrogens (primary N) is 1. The molecule has 0 bridgehead atoms. The SMILES string of the molecule is C#C[C@@H]1C[C@H](OC)CN(N)C1. The number of piperidine rings is 1. The average Bonchev–Trinajstić information content (AvgIpc) is 2.03. The number of methoxy groups -OCH3 is 1. The lowest BCUT2D eigenvalue weighted by Gasteiger charge is -2.31. The zero-order chi connectivity index (χ0) is 8.27. The Kier molecular flexibility index (Phi) is 2.89. The van der Waals surface area contributed by atoms with Crippen molar-refractivity contribution in [1.29, 1.82) is 0 Å². The van der Waals surface area contributed by atoms with Crippen LogP contribution in [0.25, 0.3) is 0 Å². The highest BCUT2D eigenvalue weighted by molar-refractivity contribution is 4.97. The van der Waals surface area contributed by atoms with Gasteiger partial charge in [0.1, 0.15) is 0 Å². The molecule has 1 aliphatic heterocycles. The van der Waals surface area contributed by atoms with Crippen molar-refractivity contribution < 1.29 is 4.74 Å². The fraction of sp³-hybridized carbons (Fsp3) is 0.750. The minimum Gasteiger partial charge on any atom is -0.380 e. The smallest absolute Gasteiger partial charge is 0.0724 e. The van der Waals surface area contributed by atoms with Crippen molar-refractivity contribution in [3.05, 3.63) is 0 Å². The van der Waals surface area contributed by atoms with Crippen LogP contribution in [-0.4, -0.2) is 31.3 Å². The van der Waals surface area contributed by atoms with Crippen LogP contribution in [0.4, 0.5) is 0 Å². The van der Waals surface area contributed by atoms with Gasteiger partial charge in [0.05, 0.1) is 6.10 Å². The fourth-order valence-corrected chi connectivity index (χ4v) is 1.38. The molecule has 1 saturated heterocycles. The summed E-state index contributed by atoms with van der Waals surface area (Å²) in [5.74, 6) is 8.57. The van der Waals surface area contributed by atoms with E-state index in [-0.39, 0.29) is 12.0 Å². The number of nitrogens with zero attached hydrogens (tertiary/aromatic N) is 1. The van der Waals surface area contributed by atoms with Crippen LogP contribution in [0.5, 0.6) is 0 Å². The van der Waals surface area contributed by atoms with E-state index in [4.69, 9.17) is 17.0 Å². The molecule has 2 N–H and O–H groups in total. The maximum absolute atomic E-state index is 5.62. The molecule has 1 rings (SSSR count). The van der Waals surface area contributed by atoms with E-state index >= 15 is 0 Å². The minimum atomic E-state index is 0.204. The van der Waals surface area contributed by atoms with E-state index in [9.17, 15) is 0 Å². The molecule has 1 aliphatic rings. The second kappa shape index (κ2) is 3.72. The molecule has 0 aromatic heterocycles. The van der Waals surface area contributed by atoms with Crippen molar-refractivity contribution in [2.75, 3.05) is 20.2 Å². The van der Waals surface area contributed by atoms with Gasteiger partial charge in [0.25, 0.3) is 0 Å². The van der Waals surface area contributed by atoms with Gasteiger partial charge >= 0.3 is 0 Å². The van der Waals surface area contributed by atoms with Gasteiger partial charge in [0, 0.05) is 26.1 Å². The van der Waals surface area contributed by atoms with Crippen LogP contribution in [0.3, 0.4) is 0 Å². The summed E-state index contributed by atoms with van der Waals surface area (Å²) in [7, 11) is 1.69. The molecule has 0 aromatic rings. The van der Waals surface area contributed by atoms with E-state index in [1.165, 1.54) is 0 Å². The minimum absolute atomic E-state index is 0.204. The van der Waals surface area contributed by atoms with Crippen LogP contribution in [0.1, 0.15) is 6.42 Å². The average molecular weight is 154 g/mol. The maximum atomic E-state index is 5.62. The molecule has 1 heterocycles. The molecule has 0 aromatic carbocycles. The van der Waals surface area contributed by atoms with E-state index in [1.807, 2.05) is 0 Å². The molecule has 1 fully saturated rings. The predicted molar refractivity (Wildman–Crippen MR) is 43.5 cm³/mol. The van der Waals surface area contributed by atoms with Crippen molar-refractivity contribution in [1.82, 2.24) is 5.01 Å². The monoisotopic (exact) mass is 154 g/mol. The van der Waals surface area contributed by atoms with Crippen LogP contribution in [0.2, 0.25) is 0 Å². The van der Waals surface area contributed by atoms with E-state index < -0.39 is 0 Å². The van der Waals surface area contributed by atoms with Crippen LogP contribution < -0.4 is 5.84 Å². The van der Waals surface area contributed by atoms with Gasteiger partial charge in [0.2, 0.25) is 0 Å². The molecule has 0 aliphatic carbocycles. The zero-order valence-electron chi connectivity index (χ0n) is 6.79. The Hall–Kier alpha value is -0.560. The highest BCUT2D eigenvalue weighted by Gasteiger charge is 2.23. The van der Waals surface area contributed by atoms with E-state index in [2.05, 4.69) is 5.92 Å². The molecular weight excluding hydrogens is 140 g/mol. The molecule has 0 saturated carbocycles. The van der Waals surface area contributed by atoms with Gasteiger partial charge in [-0.05, 0) is 6.42 Å². The third-order valence-corrected chi connectivity index (χ3v) is 2.01. The Morgan fingerprint density at radius 3 is 2.91 bits per heavy atom. The van der Waals surface area contributed by atoms with Gasteiger partial charge in [-0.15, -0.1) is 12.3 Å². The largest absolute Gasteiger partial charge is 0.380 e. The Balaban J connectivity index is 2.45. The first-order chi connectivity index (χ1) is 5.26. The van der Waals surface area contributed by atoms with Gasteiger partial charge in [-0.3, -0.25) is 5.84 Å². The number of ether oxygens (including phenoxy) is 1. The highest BCUT2D eigenvalue weighted by atomic mass is 16.5. The molecule has 3 nitrogen and oxygen atoms in total. The standard InChI is InChI=1S/C8H14N2O/c1-3-7-4-8(11-2)6-10(9)5-7/h1,7-8H,4-6,9H2,2H3/t7-,8+/m1/s1. The Labute approximate surface area is 67.5 Å². The lowest BCUT2D eigenvalue weighted by atomic mass is 9.98. The number of terminal acetylenes is 1. The fourth-order valence-electron chi connectivity index (χ4n) is 1.38. The summed E-state index contributed by atoms with van der Waals surface area (Å²) in [6.45, 7) is 1.57. The number of hydrogen-bond acceptors (Lipinski definition) is 3. The van der Waals surface area contributed by atoms with Crippen molar-refractivity contribution in [3.63, 3.8) is 0 Å². The molecule has 0 unspecified atom stereocenters. The number of hydrogen-bond donors (Lipinski definition) is 1. The van der Waals surface area contributed by atoms with Crippen molar-refractivity contribution >= 4 is 0 Å². The summed E-state index contributed by atoms with van der Waals surface area (Å²) >= 11 is 0. The first kappa shape index (κ1) is 8.54. The normalized spacial score (nSPS) is 33.2. The zero-order valence-corrected chi connectivity index (χ0v) is 6.79. The Morgan fingerprint density at radius 1 is 1.64 bits per heavy atom. The predicted octanol–water partition coefficient (Wildman–Crippen LogP) is -0.170. The summed E-state index contributed by atoms with van der Waals surface area (Å²) in [5.41, 5.74) is 0. The molecule has 0 radical (unpaired) electrons. The molecule has 2 atom stereocenters. The second-order valence-corrected chi connectivity index (χ2v) is 2.91. The van der Waals surface area contributed by atoms with Gasteiger partial charge in [0.15, 0.2) is 0 Å². The Morgan fingerprint density at radius 2 is 2.36 bits per heavy atom. The molecule has 3 heteroatoms. The summed E-state index contributed by atoms with van der Waals surface area (Å²) < 4.78 is 5.18. The molecule has 0 spiro atoms. The van der Waals surface area contributed by atoms with Crippen molar-refractivity contribution in [3.8, 4) is 12.3 Å². The third kappa shape index (κ3) is 2.19. The van der Waals surface area contributed by atoms with Crippen molar-refractivity contribution in [2.45, 2.75) is 12.5 Å². The van der Waals surface area contributed by atoms with E-state index in [0.29, 0.717) is 0 Å². The van der Waals surface area contributed by atoms with Crippen LogP contribution in [0, 0.1) is 18.3 Å². The number of hydrazine groups is 1.